The van der Waals surface area contributed by atoms with Crippen LogP contribution in [0.4, 0.5) is 5.82 Å². The quantitative estimate of drug-likeness (QED) is 0.285. The highest BCUT2D eigenvalue weighted by atomic mass is 79.9. The first-order valence-electron chi connectivity index (χ1n) is 10.8. The van der Waals surface area contributed by atoms with Crippen LogP contribution < -0.4 is 11.1 Å². The lowest BCUT2D eigenvalue weighted by Crippen LogP contribution is -2.41. The summed E-state index contributed by atoms with van der Waals surface area (Å²) in [5.41, 5.74) is 6.94. The van der Waals surface area contributed by atoms with Crippen molar-refractivity contribution in [3.8, 4) is 0 Å². The second-order valence-electron chi connectivity index (χ2n) is 9.03. The van der Waals surface area contributed by atoms with Crippen LogP contribution in [-0.2, 0) is 4.79 Å². The zero-order valence-electron chi connectivity index (χ0n) is 17.7. The number of carbonyl (C=O) groups is 1. The fourth-order valence-electron chi connectivity index (χ4n) is 5.45. The van der Waals surface area contributed by atoms with Crippen LogP contribution in [0.5, 0.6) is 0 Å². The molecule has 1 aliphatic carbocycles. The van der Waals surface area contributed by atoms with Crippen LogP contribution in [0.3, 0.4) is 0 Å². The number of nitrogen functional groups attached to an aromatic ring is 1. The maximum Gasteiger partial charge on any atom is 0.229 e. The van der Waals surface area contributed by atoms with Gasteiger partial charge in [0, 0.05) is 11.6 Å². The number of benzene rings is 1. The number of nitrogens with one attached hydrogen (secondary N) is 1. The molecule has 1 saturated heterocycles. The Hall–Kier alpha value is -2.79. The highest BCUT2D eigenvalue weighted by Gasteiger charge is 2.61. The van der Waals surface area contributed by atoms with E-state index < -0.39 is 23.7 Å². The molecule has 0 radical (unpaired) electrons. The van der Waals surface area contributed by atoms with Gasteiger partial charge in [-0.3, -0.25) is 4.79 Å². The van der Waals surface area contributed by atoms with E-state index >= 15 is 0 Å². The van der Waals surface area contributed by atoms with Gasteiger partial charge in [0.25, 0.3) is 0 Å². The van der Waals surface area contributed by atoms with E-state index in [1.165, 1.54) is 6.33 Å². The first kappa shape index (κ1) is 21.7. The number of aliphatic hydroxyl groups is 2. The van der Waals surface area contributed by atoms with Gasteiger partial charge in [0.05, 0.1) is 39.0 Å². The number of aromatic nitrogens is 4. The van der Waals surface area contributed by atoms with Crippen LogP contribution >= 0.6 is 27.5 Å². The number of aliphatic hydroxyl groups excluding tert-OH is 2. The van der Waals surface area contributed by atoms with Gasteiger partial charge in [0.1, 0.15) is 29.0 Å². The number of fused-ring (bicyclic) bond motifs is 2. The molecule has 5 N–H and O–H groups in total. The van der Waals surface area contributed by atoms with Crippen molar-refractivity contribution in [3.05, 3.63) is 58.0 Å². The normalized spacial score (nSPS) is 28.9. The molecule has 5 atom stereocenters. The lowest BCUT2D eigenvalue weighted by molar-refractivity contribution is -0.134. The first-order valence-corrected chi connectivity index (χ1v) is 12.0. The van der Waals surface area contributed by atoms with Crippen molar-refractivity contribution in [3.63, 3.8) is 0 Å². The van der Waals surface area contributed by atoms with Gasteiger partial charge in [-0.1, -0.05) is 23.7 Å². The maximum atomic E-state index is 13.3. The molecule has 6 rings (SSSR count). The highest BCUT2D eigenvalue weighted by Crippen LogP contribution is 2.53. The van der Waals surface area contributed by atoms with Crippen LogP contribution in [0.15, 0.2) is 47.3 Å². The van der Waals surface area contributed by atoms with E-state index in [1.54, 1.807) is 16.8 Å². The largest absolute Gasteiger partial charge is 0.389 e. The van der Waals surface area contributed by atoms with Crippen LogP contribution in [-0.4, -0.2) is 47.8 Å². The molecule has 1 amide bonds. The smallest absolute Gasteiger partial charge is 0.229 e. The second-order valence-corrected chi connectivity index (χ2v) is 10.2. The molecular weight excluding hydrogens is 524 g/mol. The van der Waals surface area contributed by atoms with E-state index in [2.05, 4.69) is 36.2 Å². The minimum absolute atomic E-state index is 0.259. The summed E-state index contributed by atoms with van der Waals surface area (Å²) in [5, 5.41) is 27.0. The van der Waals surface area contributed by atoms with Crippen LogP contribution in [0, 0.1) is 5.41 Å². The van der Waals surface area contributed by atoms with Crippen molar-refractivity contribution >= 4 is 61.2 Å². The van der Waals surface area contributed by atoms with Gasteiger partial charge in [-0.2, -0.15) is 0 Å². The summed E-state index contributed by atoms with van der Waals surface area (Å²) in [5.74, 6) is 0.107. The maximum absolute atomic E-state index is 13.3. The van der Waals surface area contributed by atoms with Crippen LogP contribution in [0.25, 0.3) is 21.9 Å². The molecule has 174 valence electrons. The molecule has 4 aromatic rings. The predicted molar refractivity (Wildman–Crippen MR) is 130 cm³/mol. The van der Waals surface area contributed by atoms with Crippen molar-refractivity contribution in [2.45, 2.75) is 37.1 Å². The number of nitrogens with two attached hydrogens (primary N) is 1. The number of hydrogen-bond donors (Lipinski definition) is 4. The number of rotatable bonds is 2. The first-order chi connectivity index (χ1) is 16.3. The number of amides is 1. The fourth-order valence-corrected chi connectivity index (χ4v) is 5.98. The van der Waals surface area contributed by atoms with Crippen molar-refractivity contribution in [1.82, 2.24) is 24.8 Å². The SMILES string of the molecule is Nc1nc2cc(C3CC4(CC(n5ccc6c(Cl)ncnc65)C(O)C4O)C(=O)N3)ccc2cc1Br. The Morgan fingerprint density at radius 3 is 2.85 bits per heavy atom. The third-order valence-corrected chi connectivity index (χ3v) is 8.16. The molecule has 11 heteroatoms. The lowest BCUT2D eigenvalue weighted by atomic mass is 9.79. The van der Waals surface area contributed by atoms with Crippen LogP contribution in [0.1, 0.15) is 30.5 Å². The lowest BCUT2D eigenvalue weighted by Gasteiger charge is -2.24. The van der Waals surface area contributed by atoms with E-state index in [0.717, 1.165) is 15.4 Å². The summed E-state index contributed by atoms with van der Waals surface area (Å²) in [6, 6.07) is 8.55. The van der Waals surface area contributed by atoms with E-state index in [0.29, 0.717) is 33.9 Å². The van der Waals surface area contributed by atoms with Gasteiger partial charge in [0.15, 0.2) is 0 Å². The Labute approximate surface area is 207 Å². The molecule has 2 fully saturated rings. The summed E-state index contributed by atoms with van der Waals surface area (Å²) in [7, 11) is 0. The highest BCUT2D eigenvalue weighted by molar-refractivity contribution is 9.10. The van der Waals surface area contributed by atoms with Crippen molar-refractivity contribution < 1.29 is 15.0 Å². The number of anilines is 1. The molecule has 2 aliphatic rings. The van der Waals surface area contributed by atoms with Gasteiger partial charge < -0.3 is 25.8 Å². The molecule has 1 spiro atoms. The van der Waals surface area contributed by atoms with E-state index in [1.807, 2.05) is 24.3 Å². The number of pyridine rings is 1. The molecule has 1 aliphatic heterocycles. The molecule has 1 saturated carbocycles. The zero-order chi connectivity index (χ0) is 23.8. The third kappa shape index (κ3) is 3.06. The molecule has 34 heavy (non-hydrogen) atoms. The number of nitrogens with zero attached hydrogens (tertiary/aromatic N) is 4. The summed E-state index contributed by atoms with van der Waals surface area (Å²) >= 11 is 9.57. The number of carbonyl (C=O) groups excluding carboxylic acids is 1. The van der Waals surface area contributed by atoms with Gasteiger partial charge in [-0.05, 0) is 52.5 Å². The van der Waals surface area contributed by atoms with Crippen molar-refractivity contribution in [2.75, 3.05) is 5.73 Å². The minimum atomic E-state index is -1.23. The molecule has 9 nitrogen and oxygen atoms in total. The Morgan fingerprint density at radius 2 is 2.03 bits per heavy atom. The van der Waals surface area contributed by atoms with Gasteiger partial charge >= 0.3 is 0 Å². The monoisotopic (exact) mass is 542 g/mol. The van der Waals surface area contributed by atoms with E-state index in [-0.39, 0.29) is 18.4 Å². The molecule has 4 heterocycles. The molecular formula is C23H20BrClN6O3. The topological polar surface area (TPSA) is 139 Å². The molecule has 5 unspecified atom stereocenters. The summed E-state index contributed by atoms with van der Waals surface area (Å²) in [4.78, 5) is 26.0. The van der Waals surface area contributed by atoms with Gasteiger partial charge in [0.2, 0.25) is 5.91 Å². The Kier molecular flexibility index (Phi) is 4.86. The standard InChI is InChI=1S/C23H20BrClN6O3/c24-13-5-10-1-2-11(6-14(10)29-20(13)26)15-7-23(22(34)30-15)8-16(17(32)18(23)33)31-4-3-12-19(25)27-9-28-21(12)31/h1-6,9,15-18,32-33H,7-8H2,(H2,26,29)(H,30,34). The number of hydrogen-bond acceptors (Lipinski definition) is 7. The fraction of sp³-hybridized carbons (Fsp3) is 0.304. The Bertz CT molecular complexity index is 1480. The molecule has 1 aromatic carbocycles. The number of halogens is 2. The average Bonchev–Trinajstić information content (AvgIpc) is 3.46. The van der Waals surface area contributed by atoms with Gasteiger partial charge in [-0.15, -0.1) is 0 Å². The third-order valence-electron chi connectivity index (χ3n) is 7.23. The average molecular weight is 544 g/mol. The van der Waals surface area contributed by atoms with E-state index in [4.69, 9.17) is 17.3 Å². The van der Waals surface area contributed by atoms with Gasteiger partial charge in [-0.25, -0.2) is 15.0 Å². The van der Waals surface area contributed by atoms with Crippen molar-refractivity contribution in [1.29, 1.82) is 0 Å². The van der Waals surface area contributed by atoms with E-state index in [9.17, 15) is 15.0 Å². The minimum Gasteiger partial charge on any atom is -0.389 e. The Balaban J connectivity index is 1.34. The summed E-state index contributed by atoms with van der Waals surface area (Å²) in [6.07, 6.45) is 1.33. The zero-order valence-corrected chi connectivity index (χ0v) is 20.0. The Morgan fingerprint density at radius 1 is 1.21 bits per heavy atom. The molecule has 3 aromatic heterocycles. The van der Waals surface area contributed by atoms with Crippen molar-refractivity contribution in [2.24, 2.45) is 5.41 Å². The predicted octanol–water partition coefficient (Wildman–Crippen LogP) is 2.89. The summed E-state index contributed by atoms with van der Waals surface area (Å²) in [6.45, 7) is 0. The van der Waals surface area contributed by atoms with Crippen LogP contribution in [0.2, 0.25) is 5.15 Å². The summed E-state index contributed by atoms with van der Waals surface area (Å²) < 4.78 is 2.49. The second kappa shape index (κ2) is 7.61. The molecule has 0 bridgehead atoms.